The number of benzene rings is 2. The van der Waals surface area contributed by atoms with Crippen LogP contribution in [0.15, 0.2) is 48.5 Å². The highest BCUT2D eigenvalue weighted by Crippen LogP contribution is 2.60. The first-order valence-corrected chi connectivity index (χ1v) is 13.4. The number of nitrogens with zero attached hydrogens (tertiary/aromatic N) is 2. The minimum absolute atomic E-state index is 0.224. The molecule has 0 unspecified atom stereocenters. The SMILES string of the molecule is CN(C)S(=O)(=O)N(CC(=O)Nc1ccc(C23CC4CC(CC(C4)C2)C3)cc1)c1ccc(F)cc1. The van der Waals surface area contributed by atoms with Crippen LogP contribution in [0.4, 0.5) is 15.8 Å². The standard InChI is InChI=1S/C26H32FN3O3S/c1-29(2)34(32,33)30(24-9-5-22(27)6-10-24)17-25(31)28-23-7-3-21(4-8-23)26-14-18-11-19(15-26)13-20(12-18)16-26/h3-10,18-20H,11-17H2,1-2H3,(H,28,31). The Morgan fingerprint density at radius 3 is 1.97 bits per heavy atom. The van der Waals surface area contributed by atoms with Crippen molar-refractivity contribution in [3.63, 3.8) is 0 Å². The Hall–Kier alpha value is -2.45. The number of rotatable bonds is 7. The Morgan fingerprint density at radius 1 is 0.941 bits per heavy atom. The zero-order valence-electron chi connectivity index (χ0n) is 19.7. The van der Waals surface area contributed by atoms with E-state index in [4.69, 9.17) is 0 Å². The summed E-state index contributed by atoms with van der Waals surface area (Å²) in [5.41, 5.74) is 2.52. The van der Waals surface area contributed by atoms with Crippen molar-refractivity contribution in [3.05, 3.63) is 59.9 Å². The van der Waals surface area contributed by atoms with E-state index in [-0.39, 0.29) is 11.1 Å². The molecule has 2 aromatic rings. The lowest BCUT2D eigenvalue weighted by Gasteiger charge is -2.57. The maximum absolute atomic E-state index is 13.4. The molecule has 1 amide bonds. The third-order valence-corrected chi connectivity index (χ3v) is 9.78. The van der Waals surface area contributed by atoms with Crippen LogP contribution in [0.3, 0.4) is 0 Å². The second-order valence-electron chi connectivity index (χ2n) is 10.6. The normalized spacial score (nSPS) is 27.7. The number of hydrogen-bond donors (Lipinski definition) is 1. The molecule has 6 nitrogen and oxygen atoms in total. The molecule has 2 aromatic carbocycles. The molecule has 6 rings (SSSR count). The third-order valence-electron chi connectivity index (χ3n) is 7.96. The summed E-state index contributed by atoms with van der Waals surface area (Å²) in [6, 6.07) is 13.2. The van der Waals surface area contributed by atoms with Gasteiger partial charge in [0.2, 0.25) is 5.91 Å². The average molecular weight is 486 g/mol. The third kappa shape index (κ3) is 4.33. The molecule has 0 spiro atoms. The summed E-state index contributed by atoms with van der Waals surface area (Å²) in [5, 5.41) is 2.83. The highest BCUT2D eigenvalue weighted by Gasteiger charge is 2.51. The number of carbonyl (C=O) groups excluding carboxylic acids is 1. The number of carbonyl (C=O) groups is 1. The number of halogens is 1. The molecule has 4 fully saturated rings. The van der Waals surface area contributed by atoms with Crippen molar-refractivity contribution in [3.8, 4) is 0 Å². The van der Waals surface area contributed by atoms with E-state index in [0.29, 0.717) is 5.69 Å². The van der Waals surface area contributed by atoms with Crippen molar-refractivity contribution in [1.29, 1.82) is 0 Å². The monoisotopic (exact) mass is 485 g/mol. The summed E-state index contributed by atoms with van der Waals surface area (Å²) in [6.07, 6.45) is 8.02. The van der Waals surface area contributed by atoms with Crippen molar-refractivity contribution in [2.45, 2.75) is 43.9 Å². The van der Waals surface area contributed by atoms with E-state index < -0.39 is 28.5 Å². The van der Waals surface area contributed by atoms with E-state index >= 15 is 0 Å². The van der Waals surface area contributed by atoms with Gasteiger partial charge in [-0.1, -0.05) is 12.1 Å². The summed E-state index contributed by atoms with van der Waals surface area (Å²) in [6.45, 7) is -0.414. The fourth-order valence-corrected chi connectivity index (χ4v) is 7.88. The molecule has 8 heteroatoms. The van der Waals surface area contributed by atoms with Crippen LogP contribution in [-0.4, -0.2) is 39.3 Å². The van der Waals surface area contributed by atoms with Crippen LogP contribution in [0.2, 0.25) is 0 Å². The van der Waals surface area contributed by atoms with Crippen LogP contribution in [0.1, 0.15) is 44.1 Å². The van der Waals surface area contributed by atoms with Crippen molar-refractivity contribution < 1.29 is 17.6 Å². The first kappa shape index (κ1) is 23.3. The Labute approximate surface area is 201 Å². The number of nitrogens with one attached hydrogen (secondary N) is 1. The molecule has 182 valence electrons. The van der Waals surface area contributed by atoms with Gasteiger partial charge in [0.05, 0.1) is 5.69 Å². The Bertz CT molecular complexity index is 1130. The highest BCUT2D eigenvalue weighted by molar-refractivity contribution is 7.90. The molecular formula is C26H32FN3O3S. The van der Waals surface area contributed by atoms with Crippen LogP contribution in [-0.2, 0) is 20.4 Å². The number of hydrogen-bond acceptors (Lipinski definition) is 3. The van der Waals surface area contributed by atoms with Crippen molar-refractivity contribution in [1.82, 2.24) is 4.31 Å². The summed E-state index contributed by atoms with van der Waals surface area (Å²) in [5.74, 6) is 1.65. The molecule has 0 radical (unpaired) electrons. The quantitative estimate of drug-likeness (QED) is 0.626. The van der Waals surface area contributed by atoms with Gasteiger partial charge in [-0.05, 0) is 104 Å². The zero-order chi connectivity index (χ0) is 24.1. The van der Waals surface area contributed by atoms with Crippen LogP contribution in [0.5, 0.6) is 0 Å². The summed E-state index contributed by atoms with van der Waals surface area (Å²) in [7, 11) is -1.15. The second kappa shape index (κ2) is 8.64. The lowest BCUT2D eigenvalue weighted by atomic mass is 9.48. The van der Waals surface area contributed by atoms with Crippen LogP contribution < -0.4 is 9.62 Å². The molecule has 4 saturated carbocycles. The van der Waals surface area contributed by atoms with E-state index in [1.807, 2.05) is 12.1 Å². The Balaban J connectivity index is 1.30. The molecule has 0 heterocycles. The lowest BCUT2D eigenvalue weighted by Crippen LogP contribution is -2.48. The van der Waals surface area contributed by atoms with E-state index in [2.05, 4.69) is 17.4 Å². The molecule has 0 saturated heterocycles. The smallest absolute Gasteiger partial charge is 0.304 e. The maximum Gasteiger partial charge on any atom is 0.304 e. The molecule has 0 aliphatic heterocycles. The maximum atomic E-state index is 13.4. The van der Waals surface area contributed by atoms with E-state index in [0.717, 1.165) is 26.4 Å². The zero-order valence-corrected chi connectivity index (χ0v) is 20.5. The fraction of sp³-hybridized carbons (Fsp3) is 0.500. The largest absolute Gasteiger partial charge is 0.325 e. The van der Waals surface area contributed by atoms with Gasteiger partial charge >= 0.3 is 10.2 Å². The van der Waals surface area contributed by atoms with Gasteiger partial charge in [0.25, 0.3) is 0 Å². The van der Waals surface area contributed by atoms with Gasteiger partial charge in [0.15, 0.2) is 0 Å². The van der Waals surface area contributed by atoms with Crippen molar-refractivity contribution in [2.75, 3.05) is 30.3 Å². The summed E-state index contributed by atoms with van der Waals surface area (Å²) >= 11 is 0. The van der Waals surface area contributed by atoms with Gasteiger partial charge in [-0.15, -0.1) is 0 Å². The summed E-state index contributed by atoms with van der Waals surface area (Å²) in [4.78, 5) is 12.8. The Morgan fingerprint density at radius 2 is 1.47 bits per heavy atom. The van der Waals surface area contributed by atoms with Gasteiger partial charge in [-0.2, -0.15) is 12.7 Å². The number of amides is 1. The Kier molecular flexibility index (Phi) is 5.92. The molecule has 4 aliphatic rings. The van der Waals surface area contributed by atoms with Crippen molar-refractivity contribution >= 4 is 27.5 Å². The van der Waals surface area contributed by atoms with Gasteiger partial charge in [-0.3, -0.25) is 4.79 Å². The molecule has 0 aromatic heterocycles. The van der Waals surface area contributed by atoms with Gasteiger partial charge in [0.1, 0.15) is 12.4 Å². The van der Waals surface area contributed by atoms with Gasteiger partial charge < -0.3 is 5.32 Å². The van der Waals surface area contributed by atoms with Crippen molar-refractivity contribution in [2.24, 2.45) is 17.8 Å². The van der Waals surface area contributed by atoms with Crippen LogP contribution in [0, 0.1) is 23.6 Å². The minimum Gasteiger partial charge on any atom is -0.325 e. The highest BCUT2D eigenvalue weighted by atomic mass is 32.2. The fourth-order valence-electron chi connectivity index (χ4n) is 6.81. The van der Waals surface area contributed by atoms with E-state index in [9.17, 15) is 17.6 Å². The second-order valence-corrected chi connectivity index (χ2v) is 12.7. The van der Waals surface area contributed by atoms with Crippen LogP contribution in [0.25, 0.3) is 0 Å². The molecule has 4 aliphatic carbocycles. The van der Waals surface area contributed by atoms with Gasteiger partial charge in [-0.25, -0.2) is 8.70 Å². The van der Waals surface area contributed by atoms with E-state index in [1.54, 1.807) is 0 Å². The predicted octanol–water partition coefficient (Wildman–Crippen LogP) is 4.55. The predicted molar refractivity (Wildman–Crippen MR) is 131 cm³/mol. The van der Waals surface area contributed by atoms with E-state index in [1.165, 1.54) is 82.4 Å². The summed E-state index contributed by atoms with van der Waals surface area (Å²) < 4.78 is 41.0. The average Bonchev–Trinajstić information content (AvgIpc) is 2.77. The molecular weight excluding hydrogens is 453 g/mol. The lowest BCUT2D eigenvalue weighted by molar-refractivity contribution is -0.114. The first-order chi connectivity index (χ1) is 16.1. The minimum atomic E-state index is -3.94. The first-order valence-electron chi connectivity index (χ1n) is 12.0. The molecule has 34 heavy (non-hydrogen) atoms. The van der Waals surface area contributed by atoms with Crippen LogP contribution >= 0.6 is 0 Å². The topological polar surface area (TPSA) is 69.7 Å². The molecule has 1 N–H and O–H groups in total. The molecule has 4 bridgehead atoms. The number of anilines is 2. The van der Waals surface area contributed by atoms with Gasteiger partial charge in [0, 0.05) is 19.8 Å². The molecule has 0 atom stereocenters.